The third kappa shape index (κ3) is 6.03. The molecule has 4 aliphatic carbocycles. The Balaban J connectivity index is 1.44. The molecule has 218 valence electrons. The summed E-state index contributed by atoms with van der Waals surface area (Å²) in [6, 6.07) is 7.39. The van der Waals surface area contributed by atoms with E-state index in [4.69, 9.17) is 16.3 Å². The van der Waals surface area contributed by atoms with Gasteiger partial charge in [-0.1, -0.05) is 48.5 Å². The summed E-state index contributed by atoms with van der Waals surface area (Å²) in [5.41, 5.74) is -0.910. The Morgan fingerprint density at radius 2 is 1.73 bits per heavy atom. The molecule has 2 aromatic carbocycles. The van der Waals surface area contributed by atoms with Crippen molar-refractivity contribution in [3.05, 3.63) is 76.9 Å². The molecule has 2 aromatic rings. The number of benzene rings is 2. The maximum atomic E-state index is 13.8. The minimum atomic E-state index is -4.55. The number of carboxylic acid groups (broad SMARTS) is 1. The van der Waals surface area contributed by atoms with Crippen LogP contribution in [0, 0.1) is 23.2 Å². The molecule has 4 bridgehead atoms. The predicted molar refractivity (Wildman–Crippen MR) is 152 cm³/mol. The first-order valence-corrected chi connectivity index (χ1v) is 14.2. The summed E-state index contributed by atoms with van der Waals surface area (Å²) in [4.78, 5) is 26.4. The Hall–Kier alpha value is -3.26. The number of carbonyl (C=O) groups is 2. The molecule has 0 spiro atoms. The number of hydrogen-bond donors (Lipinski definition) is 2. The van der Waals surface area contributed by atoms with Gasteiger partial charge in [0.2, 0.25) is 0 Å². The van der Waals surface area contributed by atoms with E-state index in [0.29, 0.717) is 33.7 Å². The van der Waals surface area contributed by atoms with Gasteiger partial charge in [0, 0.05) is 21.4 Å². The van der Waals surface area contributed by atoms with Crippen molar-refractivity contribution < 1.29 is 32.6 Å². The second-order valence-electron chi connectivity index (χ2n) is 11.8. The largest absolute Gasteiger partial charge is 0.487 e. The second-order valence-corrected chi connectivity index (χ2v) is 12.3. The van der Waals surface area contributed by atoms with Crippen molar-refractivity contribution in [1.82, 2.24) is 5.32 Å². The molecule has 0 aliphatic heterocycles. The van der Waals surface area contributed by atoms with E-state index in [1.807, 2.05) is 0 Å². The van der Waals surface area contributed by atoms with Gasteiger partial charge in [0.25, 0.3) is 5.91 Å². The van der Waals surface area contributed by atoms with Crippen LogP contribution in [0.5, 0.6) is 5.75 Å². The van der Waals surface area contributed by atoms with E-state index in [2.05, 4.69) is 11.9 Å². The number of allylic oxidation sites excluding steroid dienone is 3. The fourth-order valence-electron chi connectivity index (χ4n) is 7.50. The Morgan fingerprint density at radius 3 is 2.29 bits per heavy atom. The van der Waals surface area contributed by atoms with Crippen LogP contribution in [0.3, 0.4) is 0 Å². The van der Waals surface area contributed by atoms with Crippen LogP contribution >= 0.6 is 11.6 Å². The molecule has 0 heterocycles. The standard InChI is InChI=1S/C32H33ClF3NO4/c1-3-19(5-4-18(2)32(34,35)36)17-41-27-25(9-7-23-6-8-24(33)13-26(23)27)29(38)37-28(30(39)40)31-14-20-10-21(15-31)12-22(11-20)16-31/h3-9,13,20-22,28H,2,10-12,14-17H2,1H3,(H,37,38)(H,39,40)/b5-4-,19-3+/t20?,21?,22?,28-,31?/m1/s1. The number of carboxylic acids is 1. The number of alkyl halides is 3. The molecule has 6 rings (SSSR count). The Bertz CT molecular complexity index is 1410. The quantitative estimate of drug-likeness (QED) is 0.293. The lowest BCUT2D eigenvalue weighted by atomic mass is 9.47. The van der Waals surface area contributed by atoms with Crippen LogP contribution in [0.1, 0.15) is 55.8 Å². The van der Waals surface area contributed by atoms with Crippen LogP contribution < -0.4 is 10.1 Å². The van der Waals surface area contributed by atoms with Gasteiger partial charge < -0.3 is 15.2 Å². The molecule has 0 radical (unpaired) electrons. The van der Waals surface area contributed by atoms with Crippen LogP contribution in [0.2, 0.25) is 5.02 Å². The summed E-state index contributed by atoms with van der Waals surface area (Å²) in [5, 5.41) is 14.8. The maximum Gasteiger partial charge on any atom is 0.415 e. The van der Waals surface area contributed by atoms with Crippen molar-refractivity contribution in [3.8, 4) is 5.75 Å². The molecule has 4 aliphatic rings. The first-order chi connectivity index (χ1) is 19.4. The number of hydrogen-bond acceptors (Lipinski definition) is 3. The van der Waals surface area contributed by atoms with Gasteiger partial charge in [0.1, 0.15) is 18.4 Å². The van der Waals surface area contributed by atoms with Crippen LogP contribution in [0.25, 0.3) is 10.8 Å². The molecule has 0 saturated heterocycles. The molecule has 41 heavy (non-hydrogen) atoms. The Morgan fingerprint density at radius 1 is 1.12 bits per heavy atom. The average molecular weight is 588 g/mol. The van der Waals surface area contributed by atoms with Crippen molar-refractivity contribution in [2.45, 2.75) is 57.7 Å². The van der Waals surface area contributed by atoms with Gasteiger partial charge >= 0.3 is 12.1 Å². The molecule has 2 N–H and O–H groups in total. The third-order valence-corrected chi connectivity index (χ3v) is 9.25. The summed E-state index contributed by atoms with van der Waals surface area (Å²) < 4.78 is 44.8. The van der Waals surface area contributed by atoms with Gasteiger partial charge in [0.05, 0.1) is 5.56 Å². The lowest BCUT2D eigenvalue weighted by Crippen LogP contribution is -2.59. The van der Waals surface area contributed by atoms with Crippen molar-refractivity contribution in [2.75, 3.05) is 6.61 Å². The second kappa shape index (κ2) is 11.2. The molecule has 4 fully saturated rings. The minimum absolute atomic E-state index is 0.134. The number of halogens is 4. The zero-order valence-corrected chi connectivity index (χ0v) is 23.5. The minimum Gasteiger partial charge on any atom is -0.487 e. The molecule has 0 aromatic heterocycles. The van der Waals surface area contributed by atoms with E-state index >= 15 is 0 Å². The molecule has 0 unspecified atom stereocenters. The van der Waals surface area contributed by atoms with E-state index in [-0.39, 0.29) is 17.9 Å². The number of nitrogens with one attached hydrogen (secondary N) is 1. The molecule has 1 amide bonds. The Kier molecular flexibility index (Phi) is 7.99. The first-order valence-electron chi connectivity index (χ1n) is 13.9. The number of rotatable bonds is 9. The SMILES string of the molecule is C=C(/C=C\C(=C/C)COc1c(C(=O)N[C@H](C(=O)O)C23CC4CC(CC(C4)C2)C3)ccc2ccc(Cl)cc12)C(F)(F)F. The normalized spacial score (nSPS) is 26.4. The van der Waals surface area contributed by atoms with Gasteiger partial charge in [0.15, 0.2) is 0 Å². The predicted octanol–water partition coefficient (Wildman–Crippen LogP) is 7.89. The smallest absolute Gasteiger partial charge is 0.415 e. The number of carbonyl (C=O) groups excluding carboxylic acids is 1. The van der Waals surface area contributed by atoms with Gasteiger partial charge in [-0.3, -0.25) is 4.79 Å². The Labute approximate surface area is 242 Å². The summed E-state index contributed by atoms with van der Waals surface area (Å²) in [7, 11) is 0. The summed E-state index contributed by atoms with van der Waals surface area (Å²) >= 11 is 6.27. The fraction of sp³-hybridized carbons (Fsp3) is 0.438. The van der Waals surface area contributed by atoms with Crippen molar-refractivity contribution in [3.63, 3.8) is 0 Å². The average Bonchev–Trinajstić information content (AvgIpc) is 2.89. The highest BCUT2D eigenvalue weighted by Crippen LogP contribution is 2.61. The zero-order chi connectivity index (χ0) is 29.5. The molecule has 9 heteroatoms. The summed E-state index contributed by atoms with van der Waals surface area (Å²) in [6.07, 6.45) is 5.00. The van der Waals surface area contributed by atoms with Gasteiger partial charge in [-0.15, -0.1) is 0 Å². The summed E-state index contributed by atoms with van der Waals surface area (Å²) in [5.74, 6) is 0.0674. The van der Waals surface area contributed by atoms with Crippen molar-refractivity contribution in [2.24, 2.45) is 23.2 Å². The molecular formula is C32H33ClF3NO4. The van der Waals surface area contributed by atoms with E-state index < -0.39 is 35.1 Å². The highest BCUT2D eigenvalue weighted by atomic mass is 35.5. The highest BCUT2D eigenvalue weighted by Gasteiger charge is 2.56. The highest BCUT2D eigenvalue weighted by molar-refractivity contribution is 6.31. The molecular weight excluding hydrogens is 555 g/mol. The molecule has 5 nitrogen and oxygen atoms in total. The molecule has 1 atom stereocenters. The van der Waals surface area contributed by atoms with Crippen LogP contribution in [-0.2, 0) is 4.79 Å². The maximum absolute atomic E-state index is 13.8. The van der Waals surface area contributed by atoms with Gasteiger partial charge in [-0.25, -0.2) is 4.79 Å². The van der Waals surface area contributed by atoms with Crippen molar-refractivity contribution in [1.29, 1.82) is 0 Å². The molecule has 4 saturated carbocycles. The number of amides is 1. The number of fused-ring (bicyclic) bond motifs is 1. The topological polar surface area (TPSA) is 75.6 Å². The first kappa shape index (κ1) is 29.2. The van der Waals surface area contributed by atoms with Gasteiger partial charge in [-0.05, 0) is 92.4 Å². The monoisotopic (exact) mass is 587 g/mol. The zero-order valence-electron chi connectivity index (χ0n) is 22.8. The van der Waals surface area contributed by atoms with Crippen LogP contribution in [0.15, 0.2) is 66.3 Å². The van der Waals surface area contributed by atoms with Crippen molar-refractivity contribution >= 4 is 34.2 Å². The lowest BCUT2D eigenvalue weighted by molar-refractivity contribution is -0.150. The van der Waals surface area contributed by atoms with Gasteiger partial charge in [-0.2, -0.15) is 13.2 Å². The number of aliphatic carboxylic acids is 1. The van der Waals surface area contributed by atoms with E-state index in [1.54, 1.807) is 43.3 Å². The van der Waals surface area contributed by atoms with Crippen LogP contribution in [0.4, 0.5) is 13.2 Å². The van der Waals surface area contributed by atoms with E-state index in [9.17, 15) is 27.9 Å². The van der Waals surface area contributed by atoms with E-state index in [1.165, 1.54) is 6.08 Å². The van der Waals surface area contributed by atoms with E-state index in [0.717, 1.165) is 50.0 Å². The van der Waals surface area contributed by atoms with Crippen LogP contribution in [-0.4, -0.2) is 35.8 Å². The number of ether oxygens (including phenoxy) is 1. The lowest BCUT2D eigenvalue weighted by Gasteiger charge is -2.58. The fourth-order valence-corrected chi connectivity index (χ4v) is 7.67. The third-order valence-electron chi connectivity index (χ3n) is 9.02. The summed E-state index contributed by atoms with van der Waals surface area (Å²) in [6.45, 7) is 4.58.